The highest BCUT2D eigenvalue weighted by molar-refractivity contribution is 6.07. The maximum absolute atomic E-state index is 9.25. The first-order chi connectivity index (χ1) is 20.2. The molecule has 0 amide bonds. The summed E-state index contributed by atoms with van der Waals surface area (Å²) in [6, 6.07) is 37.0. The largest absolute Gasteiger partial charge is 0.456 e. The van der Waals surface area contributed by atoms with Crippen molar-refractivity contribution >= 4 is 21.9 Å². The lowest BCUT2D eigenvalue weighted by Crippen LogP contribution is -1.85. The molecule has 0 unspecified atom stereocenters. The zero-order valence-electron chi connectivity index (χ0n) is 21.7. The molecule has 0 saturated heterocycles. The van der Waals surface area contributed by atoms with Crippen molar-refractivity contribution < 1.29 is 4.42 Å². The number of hydrogen-bond donors (Lipinski definition) is 0. The quantitative estimate of drug-likeness (QED) is 0.230. The molecule has 0 fully saturated rings. The van der Waals surface area contributed by atoms with Crippen LogP contribution in [-0.4, -0.2) is 9.97 Å². The minimum absolute atomic E-state index is 0.535. The first-order valence-corrected chi connectivity index (χ1v) is 13.1. The Balaban J connectivity index is 1.25. The number of benzene rings is 4. The Hall–Kier alpha value is -6.04. The molecule has 0 aliphatic rings. The molecule has 5 heteroatoms. The van der Waals surface area contributed by atoms with Gasteiger partial charge in [0.2, 0.25) is 0 Å². The Morgan fingerprint density at radius 2 is 0.854 bits per heavy atom. The van der Waals surface area contributed by atoms with Gasteiger partial charge in [-0.3, -0.25) is 9.97 Å². The van der Waals surface area contributed by atoms with Crippen molar-refractivity contribution in [3.63, 3.8) is 0 Å². The van der Waals surface area contributed by atoms with Crippen LogP contribution in [0.4, 0.5) is 0 Å². The molecule has 0 spiro atoms. The van der Waals surface area contributed by atoms with Crippen molar-refractivity contribution in [2.24, 2.45) is 0 Å². The zero-order valence-corrected chi connectivity index (χ0v) is 21.7. The van der Waals surface area contributed by atoms with E-state index in [1.54, 1.807) is 24.8 Å². The van der Waals surface area contributed by atoms with Crippen LogP contribution in [0.2, 0.25) is 0 Å². The van der Waals surface area contributed by atoms with Crippen LogP contribution in [0, 0.1) is 22.7 Å². The Morgan fingerprint density at radius 3 is 1.29 bits per heavy atom. The summed E-state index contributed by atoms with van der Waals surface area (Å²) in [6.45, 7) is 0. The van der Waals surface area contributed by atoms with Gasteiger partial charge in [0.25, 0.3) is 0 Å². The molecule has 41 heavy (non-hydrogen) atoms. The summed E-state index contributed by atoms with van der Waals surface area (Å²) in [6.07, 6.45) is 6.68. The van der Waals surface area contributed by atoms with Gasteiger partial charge in [-0.1, -0.05) is 48.5 Å². The number of fused-ring (bicyclic) bond motifs is 3. The molecule has 7 aromatic rings. The first kappa shape index (κ1) is 24.0. The highest BCUT2D eigenvalue weighted by Crippen LogP contribution is 2.36. The minimum Gasteiger partial charge on any atom is -0.456 e. The molecule has 0 radical (unpaired) electrons. The Labute approximate surface area is 236 Å². The smallest absolute Gasteiger partial charge is 0.136 e. The van der Waals surface area contributed by atoms with E-state index in [0.29, 0.717) is 11.1 Å². The molecule has 4 aromatic carbocycles. The molecule has 0 bridgehead atoms. The maximum Gasteiger partial charge on any atom is 0.136 e. The van der Waals surface area contributed by atoms with E-state index in [-0.39, 0.29) is 0 Å². The normalized spacial score (nSPS) is 10.9. The van der Waals surface area contributed by atoms with Crippen LogP contribution >= 0.6 is 0 Å². The summed E-state index contributed by atoms with van der Waals surface area (Å²) in [5.74, 6) is 0. The van der Waals surface area contributed by atoms with Gasteiger partial charge in [-0.05, 0) is 81.9 Å². The summed E-state index contributed by atoms with van der Waals surface area (Å²) >= 11 is 0. The zero-order chi connectivity index (χ0) is 27.8. The van der Waals surface area contributed by atoms with Gasteiger partial charge in [0.1, 0.15) is 23.3 Å². The molecular weight excluding hydrogens is 504 g/mol. The molecule has 3 heterocycles. The fraction of sp³-hybridized carbons (Fsp3) is 0. The average Bonchev–Trinajstić information content (AvgIpc) is 3.42. The summed E-state index contributed by atoms with van der Waals surface area (Å²) in [7, 11) is 0. The number of pyridine rings is 2. The van der Waals surface area contributed by atoms with Crippen molar-refractivity contribution in [2.75, 3.05) is 0 Å². The predicted molar refractivity (Wildman–Crippen MR) is 160 cm³/mol. The van der Waals surface area contributed by atoms with Crippen LogP contribution in [-0.2, 0) is 0 Å². The molecule has 0 atom stereocenters. The van der Waals surface area contributed by atoms with Gasteiger partial charge in [-0.25, -0.2) is 0 Å². The lowest BCUT2D eigenvalue weighted by molar-refractivity contribution is 0.669. The highest BCUT2D eigenvalue weighted by Gasteiger charge is 2.12. The monoisotopic (exact) mass is 524 g/mol. The number of hydrogen-bond acceptors (Lipinski definition) is 5. The third-order valence-corrected chi connectivity index (χ3v) is 7.27. The van der Waals surface area contributed by atoms with Gasteiger partial charge in [-0.15, -0.1) is 0 Å². The molecule has 7 rings (SSSR count). The second-order valence-electron chi connectivity index (χ2n) is 9.83. The molecule has 5 nitrogen and oxygen atoms in total. The molecule has 0 saturated carbocycles. The summed E-state index contributed by atoms with van der Waals surface area (Å²) < 4.78 is 6.37. The Bertz CT molecular complexity index is 2040. The molecule has 0 N–H and O–H groups in total. The standard InChI is InChI=1S/C36H20N4O/c37-17-23-11-31(21-39-19-23)27-5-1-3-25(13-27)29-7-9-33-34-10-8-30(16-36(34)41-35(33)15-29)26-4-2-6-28(14-26)32-12-24(18-38)20-40-22-32/h1-16,19-22H. The van der Waals surface area contributed by atoms with Gasteiger partial charge < -0.3 is 4.42 Å². The second-order valence-corrected chi connectivity index (χ2v) is 9.83. The van der Waals surface area contributed by atoms with Gasteiger partial charge in [0.15, 0.2) is 0 Å². The summed E-state index contributed by atoms with van der Waals surface area (Å²) in [5, 5.41) is 20.6. The van der Waals surface area contributed by atoms with Crippen LogP contribution < -0.4 is 0 Å². The van der Waals surface area contributed by atoms with Crippen molar-refractivity contribution in [3.05, 3.63) is 133 Å². The van der Waals surface area contributed by atoms with Gasteiger partial charge in [0, 0.05) is 46.7 Å². The lowest BCUT2D eigenvalue weighted by Gasteiger charge is -2.06. The molecule has 190 valence electrons. The predicted octanol–water partition coefficient (Wildman–Crippen LogP) is 8.79. The SMILES string of the molecule is N#Cc1cncc(-c2cccc(-c3ccc4c(c3)oc3cc(-c5cccc(-c6cncc(C#N)c6)c5)ccc34)c2)c1. The second kappa shape index (κ2) is 9.93. The van der Waals surface area contributed by atoms with Crippen molar-refractivity contribution in [1.29, 1.82) is 10.5 Å². The van der Waals surface area contributed by atoms with Crippen molar-refractivity contribution in [1.82, 2.24) is 9.97 Å². The topological polar surface area (TPSA) is 86.5 Å². The number of furan rings is 1. The van der Waals surface area contributed by atoms with E-state index < -0.39 is 0 Å². The van der Waals surface area contributed by atoms with Gasteiger partial charge in [-0.2, -0.15) is 10.5 Å². The first-order valence-electron chi connectivity index (χ1n) is 13.1. The fourth-order valence-corrected chi connectivity index (χ4v) is 5.21. The third kappa shape index (κ3) is 4.48. The van der Waals surface area contributed by atoms with Crippen LogP contribution in [0.1, 0.15) is 11.1 Å². The van der Waals surface area contributed by atoms with Gasteiger partial charge >= 0.3 is 0 Å². The molecular formula is C36H20N4O. The number of rotatable bonds is 4. The third-order valence-electron chi connectivity index (χ3n) is 7.27. The van der Waals surface area contributed by atoms with Crippen molar-refractivity contribution in [3.8, 4) is 56.6 Å². The average molecular weight is 525 g/mol. The Kier molecular flexibility index (Phi) is 5.82. The van der Waals surface area contributed by atoms with E-state index in [4.69, 9.17) is 4.42 Å². The molecule has 3 aromatic heterocycles. The maximum atomic E-state index is 9.25. The van der Waals surface area contributed by atoms with E-state index in [1.807, 2.05) is 36.4 Å². The van der Waals surface area contributed by atoms with Crippen LogP contribution in [0.3, 0.4) is 0 Å². The van der Waals surface area contributed by atoms with Crippen LogP contribution in [0.15, 0.2) is 126 Å². The number of aromatic nitrogens is 2. The van der Waals surface area contributed by atoms with E-state index in [2.05, 4.69) is 82.8 Å². The fourth-order valence-electron chi connectivity index (χ4n) is 5.21. The van der Waals surface area contributed by atoms with Crippen molar-refractivity contribution in [2.45, 2.75) is 0 Å². The summed E-state index contributed by atoms with van der Waals surface area (Å²) in [4.78, 5) is 8.41. The summed E-state index contributed by atoms with van der Waals surface area (Å²) in [5.41, 5.74) is 10.7. The molecule has 0 aliphatic carbocycles. The van der Waals surface area contributed by atoms with Crippen LogP contribution in [0.25, 0.3) is 66.4 Å². The minimum atomic E-state index is 0.535. The van der Waals surface area contributed by atoms with Gasteiger partial charge in [0.05, 0.1) is 11.1 Å². The molecule has 0 aliphatic heterocycles. The highest BCUT2D eigenvalue weighted by atomic mass is 16.3. The number of nitrogens with zero attached hydrogens (tertiary/aromatic N) is 4. The lowest BCUT2D eigenvalue weighted by atomic mass is 9.97. The van der Waals surface area contributed by atoms with E-state index in [9.17, 15) is 10.5 Å². The van der Waals surface area contributed by atoms with E-state index >= 15 is 0 Å². The number of nitriles is 2. The van der Waals surface area contributed by atoms with E-state index in [1.165, 1.54) is 0 Å². The van der Waals surface area contributed by atoms with E-state index in [0.717, 1.165) is 66.4 Å². The Morgan fingerprint density at radius 1 is 0.439 bits per heavy atom. The van der Waals surface area contributed by atoms with Crippen LogP contribution in [0.5, 0.6) is 0 Å².